The van der Waals surface area contributed by atoms with Gasteiger partial charge in [0, 0.05) is 5.02 Å². The molecule has 0 radical (unpaired) electrons. The number of hydrogen-bond acceptors (Lipinski definition) is 1. The van der Waals surface area contributed by atoms with Crippen molar-refractivity contribution >= 4 is 27.5 Å². The van der Waals surface area contributed by atoms with Crippen molar-refractivity contribution in [3.8, 4) is 0 Å². The van der Waals surface area contributed by atoms with E-state index in [1.807, 2.05) is 0 Å². The van der Waals surface area contributed by atoms with Gasteiger partial charge < -0.3 is 5.11 Å². The van der Waals surface area contributed by atoms with Gasteiger partial charge in [0.15, 0.2) is 6.10 Å². The summed E-state index contributed by atoms with van der Waals surface area (Å²) < 4.78 is 25.4. The Hall–Kier alpha value is -0.190. The van der Waals surface area contributed by atoms with Crippen molar-refractivity contribution in [2.24, 2.45) is 0 Å². The summed E-state index contributed by atoms with van der Waals surface area (Å²) in [5, 5.41) is 9.74. The van der Waals surface area contributed by atoms with Crippen molar-refractivity contribution < 1.29 is 13.9 Å². The molecule has 0 aromatic heterocycles. The molecule has 0 heterocycles. The summed E-state index contributed by atoms with van der Waals surface area (Å²) in [7, 11) is 0. The number of hydrogen-bond donors (Lipinski definition) is 1. The second kappa shape index (κ2) is 4.13. The summed E-state index contributed by atoms with van der Waals surface area (Å²) in [5.74, 6) is 0. The van der Waals surface area contributed by atoms with E-state index < -0.39 is 10.9 Å². The van der Waals surface area contributed by atoms with Crippen LogP contribution in [-0.4, -0.2) is 9.94 Å². The Kier molecular flexibility index (Phi) is 3.50. The van der Waals surface area contributed by atoms with E-state index in [0.717, 1.165) is 0 Å². The minimum atomic E-state index is -3.33. The molecule has 0 amide bonds. The molecule has 0 fully saturated rings. The zero-order valence-electron chi connectivity index (χ0n) is 7.27. The molecule has 78 valence electrons. The average Bonchev–Trinajstić information content (AvgIpc) is 2.01. The molecule has 1 nitrogen and oxygen atoms in total. The Morgan fingerprint density at radius 3 is 2.50 bits per heavy atom. The second-order valence-electron chi connectivity index (χ2n) is 2.95. The molecule has 0 saturated heterocycles. The van der Waals surface area contributed by atoms with E-state index in [-0.39, 0.29) is 5.56 Å². The Labute approximate surface area is 93.8 Å². The number of halogens is 4. The minimum Gasteiger partial charge on any atom is -0.381 e. The highest BCUT2D eigenvalue weighted by molar-refractivity contribution is 9.10. The van der Waals surface area contributed by atoms with Crippen molar-refractivity contribution in [2.45, 2.75) is 17.9 Å². The van der Waals surface area contributed by atoms with E-state index in [2.05, 4.69) is 15.9 Å². The highest BCUT2D eigenvalue weighted by atomic mass is 79.9. The number of aliphatic hydroxyl groups is 1. The van der Waals surface area contributed by atoms with Crippen molar-refractivity contribution in [2.75, 3.05) is 0 Å². The first-order valence-corrected chi connectivity index (χ1v) is 5.00. The van der Waals surface area contributed by atoms with Gasteiger partial charge in [-0.25, -0.2) is 0 Å². The van der Waals surface area contributed by atoms with Crippen LogP contribution in [0.4, 0.5) is 8.78 Å². The van der Waals surface area contributed by atoms with Crippen molar-refractivity contribution in [1.29, 1.82) is 0 Å². The Balaban J connectivity index is 3.08. The Morgan fingerprint density at radius 1 is 1.50 bits per heavy atom. The molecule has 1 rings (SSSR count). The monoisotopic (exact) mass is 284 g/mol. The molecule has 1 atom stereocenters. The maximum Gasteiger partial charge on any atom is 0.330 e. The smallest absolute Gasteiger partial charge is 0.330 e. The molecule has 0 aliphatic rings. The summed E-state index contributed by atoms with van der Waals surface area (Å²) in [6.45, 7) is 1.61. The van der Waals surface area contributed by atoms with Gasteiger partial charge in [-0.15, -0.1) is 0 Å². The van der Waals surface area contributed by atoms with Gasteiger partial charge in [0.25, 0.3) is 0 Å². The van der Waals surface area contributed by atoms with E-state index in [1.165, 1.54) is 18.2 Å². The number of rotatable bonds is 2. The molecule has 0 bridgehead atoms. The van der Waals surface area contributed by atoms with E-state index in [1.54, 1.807) is 6.92 Å². The SMILES string of the molecule is Cc1cc(Cl)ccc1C(O)C(F)(F)Br. The van der Waals surface area contributed by atoms with Gasteiger partial charge in [0.05, 0.1) is 0 Å². The van der Waals surface area contributed by atoms with Crippen molar-refractivity contribution in [1.82, 2.24) is 0 Å². The molecule has 14 heavy (non-hydrogen) atoms. The van der Waals surface area contributed by atoms with Crippen LogP contribution in [0.5, 0.6) is 0 Å². The van der Waals surface area contributed by atoms with E-state index >= 15 is 0 Å². The molecule has 0 aliphatic carbocycles. The van der Waals surface area contributed by atoms with Gasteiger partial charge in [-0.1, -0.05) is 17.7 Å². The first-order valence-electron chi connectivity index (χ1n) is 3.83. The lowest BCUT2D eigenvalue weighted by Crippen LogP contribution is -2.19. The fourth-order valence-electron chi connectivity index (χ4n) is 1.12. The molecular weight excluding hydrogens is 277 g/mol. The zero-order chi connectivity index (χ0) is 10.9. The average molecular weight is 286 g/mol. The van der Waals surface area contributed by atoms with Crippen LogP contribution in [0.25, 0.3) is 0 Å². The van der Waals surface area contributed by atoms with Crippen LogP contribution in [-0.2, 0) is 0 Å². The maximum atomic E-state index is 12.7. The fourth-order valence-corrected chi connectivity index (χ4v) is 1.60. The van der Waals surface area contributed by atoms with Crippen LogP contribution in [0.2, 0.25) is 5.02 Å². The van der Waals surface area contributed by atoms with E-state index in [0.29, 0.717) is 10.6 Å². The standard InChI is InChI=1S/C9H8BrClF2O/c1-5-4-6(11)2-3-7(5)8(14)9(10,12)13/h2-4,8,14H,1H3. The highest BCUT2D eigenvalue weighted by Crippen LogP contribution is 2.38. The molecular formula is C9H8BrClF2O. The second-order valence-corrected chi connectivity index (χ2v) is 4.44. The van der Waals surface area contributed by atoms with Crippen LogP contribution in [0.3, 0.4) is 0 Å². The maximum absolute atomic E-state index is 12.7. The Morgan fingerprint density at radius 2 is 2.07 bits per heavy atom. The normalized spacial score (nSPS) is 14.1. The molecule has 0 aliphatic heterocycles. The van der Waals surface area contributed by atoms with Gasteiger partial charge in [-0.05, 0) is 46.1 Å². The number of aliphatic hydroxyl groups excluding tert-OH is 1. The predicted molar refractivity (Wildman–Crippen MR) is 55.0 cm³/mol. The van der Waals surface area contributed by atoms with Gasteiger partial charge in [-0.3, -0.25) is 0 Å². The van der Waals surface area contributed by atoms with Crippen LogP contribution < -0.4 is 0 Å². The van der Waals surface area contributed by atoms with Gasteiger partial charge in [0.1, 0.15) is 0 Å². The van der Waals surface area contributed by atoms with Crippen LogP contribution in [0.15, 0.2) is 18.2 Å². The van der Waals surface area contributed by atoms with Gasteiger partial charge >= 0.3 is 4.83 Å². The topological polar surface area (TPSA) is 20.2 Å². The first kappa shape index (κ1) is 11.9. The Bertz CT molecular complexity index is 338. The number of aryl methyl sites for hydroxylation is 1. The summed E-state index contributed by atoms with van der Waals surface area (Å²) >= 11 is 7.77. The summed E-state index contributed by atoms with van der Waals surface area (Å²) in [6, 6.07) is 4.38. The molecule has 1 aromatic rings. The van der Waals surface area contributed by atoms with E-state index in [9.17, 15) is 13.9 Å². The third-order valence-electron chi connectivity index (χ3n) is 1.84. The third-order valence-corrected chi connectivity index (χ3v) is 2.51. The fraction of sp³-hybridized carbons (Fsp3) is 0.333. The molecule has 5 heteroatoms. The van der Waals surface area contributed by atoms with E-state index in [4.69, 9.17) is 11.6 Å². The van der Waals surface area contributed by atoms with Crippen LogP contribution >= 0.6 is 27.5 Å². The quantitative estimate of drug-likeness (QED) is 0.822. The van der Waals surface area contributed by atoms with Gasteiger partial charge in [0.2, 0.25) is 0 Å². The summed E-state index contributed by atoms with van der Waals surface area (Å²) in [5.41, 5.74) is 0.695. The van der Waals surface area contributed by atoms with Crippen LogP contribution in [0, 0.1) is 6.92 Å². The molecule has 1 aromatic carbocycles. The highest BCUT2D eigenvalue weighted by Gasteiger charge is 2.36. The molecule has 0 saturated carbocycles. The lowest BCUT2D eigenvalue weighted by Gasteiger charge is -2.18. The number of benzene rings is 1. The first-order chi connectivity index (χ1) is 6.32. The summed E-state index contributed by atoms with van der Waals surface area (Å²) in [4.78, 5) is -3.33. The zero-order valence-corrected chi connectivity index (χ0v) is 9.61. The van der Waals surface area contributed by atoms with Gasteiger partial charge in [-0.2, -0.15) is 8.78 Å². The lowest BCUT2D eigenvalue weighted by atomic mass is 10.0. The molecule has 0 spiro atoms. The van der Waals surface area contributed by atoms with Crippen molar-refractivity contribution in [3.63, 3.8) is 0 Å². The minimum absolute atomic E-state index is 0.163. The lowest BCUT2D eigenvalue weighted by molar-refractivity contribution is -0.0297. The number of alkyl halides is 3. The van der Waals surface area contributed by atoms with Crippen LogP contribution in [0.1, 0.15) is 17.2 Å². The predicted octanol–water partition coefficient (Wildman–Crippen LogP) is 3.67. The van der Waals surface area contributed by atoms with Crippen molar-refractivity contribution in [3.05, 3.63) is 34.3 Å². The molecule has 1 unspecified atom stereocenters. The molecule has 1 N–H and O–H groups in total. The largest absolute Gasteiger partial charge is 0.381 e. The summed E-state index contributed by atoms with van der Waals surface area (Å²) in [6.07, 6.45) is -1.86. The third kappa shape index (κ3) is 2.65.